The number of hydrogen-bond acceptors (Lipinski definition) is 5. The van der Waals surface area contributed by atoms with E-state index in [0.717, 1.165) is 44.9 Å². The van der Waals surface area contributed by atoms with Crippen LogP contribution in [0.4, 0.5) is 5.00 Å². The third kappa shape index (κ3) is 5.83. The minimum Gasteiger partial charge on any atom is -0.363 e. The molecule has 1 unspecified atom stereocenters. The van der Waals surface area contributed by atoms with Gasteiger partial charge < -0.3 is 15.5 Å². The largest absolute Gasteiger partial charge is 0.363 e. The molecule has 0 aliphatic carbocycles. The van der Waals surface area contributed by atoms with E-state index in [1.165, 1.54) is 11.3 Å². The van der Waals surface area contributed by atoms with E-state index in [9.17, 15) is 8.42 Å². The van der Waals surface area contributed by atoms with Gasteiger partial charge in [0.1, 0.15) is 0 Å². The first-order chi connectivity index (χ1) is 13.0. The maximum atomic E-state index is 11.7. The Labute approximate surface area is 166 Å². The number of sulfonamides is 1. The summed E-state index contributed by atoms with van der Waals surface area (Å²) in [6.07, 6.45) is 4.35. The highest BCUT2D eigenvalue weighted by Gasteiger charge is 2.28. The lowest BCUT2D eigenvalue weighted by Gasteiger charge is -2.33. The number of rotatable bonds is 6. The van der Waals surface area contributed by atoms with Gasteiger partial charge in [0.25, 0.3) is 0 Å². The molecule has 0 amide bonds. The van der Waals surface area contributed by atoms with Crippen molar-refractivity contribution in [3.8, 4) is 0 Å². The van der Waals surface area contributed by atoms with E-state index in [0.29, 0.717) is 31.6 Å². The number of piperidine rings is 1. The van der Waals surface area contributed by atoms with Crippen LogP contribution in [0.25, 0.3) is 0 Å². The molecule has 2 N–H and O–H groups in total. The van der Waals surface area contributed by atoms with E-state index in [1.54, 1.807) is 15.6 Å². The van der Waals surface area contributed by atoms with Gasteiger partial charge in [0.05, 0.1) is 11.3 Å². The van der Waals surface area contributed by atoms with Crippen LogP contribution in [-0.4, -0.2) is 70.2 Å². The Balaban J connectivity index is 1.48. The zero-order chi connectivity index (χ0) is 19.3. The average molecular weight is 414 g/mol. The lowest BCUT2D eigenvalue weighted by atomic mass is 10.1. The number of anilines is 1. The lowest BCUT2D eigenvalue weighted by molar-refractivity contribution is 0.457. The summed E-state index contributed by atoms with van der Waals surface area (Å²) in [6.45, 7) is 6.87. The second-order valence-electron chi connectivity index (χ2n) is 7.35. The molecule has 1 aromatic rings. The Hall–Kier alpha value is -1.32. The first-order valence-corrected chi connectivity index (χ1v) is 12.5. The van der Waals surface area contributed by atoms with Crippen LogP contribution in [-0.2, 0) is 10.0 Å². The molecule has 3 rings (SSSR count). The molecule has 3 heterocycles. The highest BCUT2D eigenvalue weighted by molar-refractivity contribution is 7.88. The van der Waals surface area contributed by atoms with E-state index in [2.05, 4.69) is 40.0 Å². The smallest absolute Gasteiger partial charge is 0.211 e. The van der Waals surface area contributed by atoms with Crippen molar-refractivity contribution in [3.05, 3.63) is 17.5 Å². The standard InChI is InChI=1S/C18H31N5O2S2/c1-3-19-18(20-13-15-6-11-23(14-15)27(2,24)25)21-16-7-9-22(10-8-16)17-5-4-12-26-17/h4-5,12,15-16H,3,6-11,13-14H2,1-2H3,(H2,19,20,21). The molecular formula is C18H31N5O2S2. The number of aliphatic imine (C=N–C) groups is 1. The van der Waals surface area contributed by atoms with Crippen molar-refractivity contribution in [1.82, 2.24) is 14.9 Å². The first-order valence-electron chi connectivity index (χ1n) is 9.74. The van der Waals surface area contributed by atoms with Crippen LogP contribution in [0.5, 0.6) is 0 Å². The summed E-state index contributed by atoms with van der Waals surface area (Å²) in [5.74, 6) is 1.15. The first kappa shape index (κ1) is 20.4. The monoisotopic (exact) mass is 413 g/mol. The molecule has 0 saturated carbocycles. The van der Waals surface area contributed by atoms with Crippen LogP contribution in [0.1, 0.15) is 26.2 Å². The normalized spacial score (nSPS) is 23.0. The SMILES string of the molecule is CCNC(=NCC1CCN(S(C)(=O)=O)C1)NC1CCN(c2cccs2)CC1. The highest BCUT2D eigenvalue weighted by atomic mass is 32.2. The maximum Gasteiger partial charge on any atom is 0.211 e. The molecule has 9 heteroatoms. The summed E-state index contributed by atoms with van der Waals surface area (Å²) in [4.78, 5) is 7.19. The molecule has 2 aliphatic heterocycles. The van der Waals surface area contributed by atoms with Gasteiger partial charge in [-0.25, -0.2) is 12.7 Å². The van der Waals surface area contributed by atoms with E-state index in [4.69, 9.17) is 4.99 Å². The highest BCUT2D eigenvalue weighted by Crippen LogP contribution is 2.25. The number of nitrogens with zero attached hydrogens (tertiary/aromatic N) is 3. The molecule has 0 radical (unpaired) electrons. The summed E-state index contributed by atoms with van der Waals surface area (Å²) in [7, 11) is -3.08. The summed E-state index contributed by atoms with van der Waals surface area (Å²) >= 11 is 1.80. The molecule has 2 saturated heterocycles. The second kappa shape index (κ2) is 9.25. The van der Waals surface area contributed by atoms with E-state index < -0.39 is 10.0 Å². The molecule has 1 atom stereocenters. The van der Waals surface area contributed by atoms with Crippen molar-refractivity contribution in [3.63, 3.8) is 0 Å². The van der Waals surface area contributed by atoms with Gasteiger partial charge in [0.2, 0.25) is 10.0 Å². The summed E-state index contributed by atoms with van der Waals surface area (Å²) in [5.41, 5.74) is 0. The predicted octanol–water partition coefficient (Wildman–Crippen LogP) is 1.55. The van der Waals surface area contributed by atoms with Gasteiger partial charge in [-0.1, -0.05) is 0 Å². The summed E-state index contributed by atoms with van der Waals surface area (Å²) < 4.78 is 24.9. The number of hydrogen-bond donors (Lipinski definition) is 2. The van der Waals surface area contributed by atoms with Crippen molar-refractivity contribution in [1.29, 1.82) is 0 Å². The molecule has 7 nitrogen and oxygen atoms in total. The van der Waals surface area contributed by atoms with Crippen LogP contribution < -0.4 is 15.5 Å². The quantitative estimate of drug-likeness (QED) is 0.547. The Morgan fingerprint density at radius 3 is 2.67 bits per heavy atom. The second-order valence-corrected chi connectivity index (χ2v) is 10.3. The molecule has 0 spiro atoms. The molecule has 27 heavy (non-hydrogen) atoms. The third-order valence-electron chi connectivity index (χ3n) is 5.22. The third-order valence-corrected chi connectivity index (χ3v) is 7.42. The molecule has 2 fully saturated rings. The Bertz CT molecular complexity index is 712. The topological polar surface area (TPSA) is 77.0 Å². The average Bonchev–Trinajstić information content (AvgIpc) is 3.32. The predicted molar refractivity (Wildman–Crippen MR) is 113 cm³/mol. The fraction of sp³-hybridized carbons (Fsp3) is 0.722. The van der Waals surface area contributed by atoms with Crippen molar-refractivity contribution in [2.45, 2.75) is 32.2 Å². The Morgan fingerprint density at radius 1 is 1.30 bits per heavy atom. The van der Waals surface area contributed by atoms with E-state index >= 15 is 0 Å². The van der Waals surface area contributed by atoms with Gasteiger partial charge in [-0.05, 0) is 49.6 Å². The fourth-order valence-corrected chi connectivity index (χ4v) is 5.38. The molecule has 0 bridgehead atoms. The number of nitrogens with one attached hydrogen (secondary N) is 2. The van der Waals surface area contributed by atoms with Gasteiger partial charge in [-0.3, -0.25) is 4.99 Å². The lowest BCUT2D eigenvalue weighted by Crippen LogP contribution is -2.48. The van der Waals surface area contributed by atoms with Crippen LogP contribution in [0.3, 0.4) is 0 Å². The number of guanidine groups is 1. The van der Waals surface area contributed by atoms with Gasteiger partial charge in [0, 0.05) is 45.3 Å². The van der Waals surface area contributed by atoms with Gasteiger partial charge in [-0.2, -0.15) is 0 Å². The van der Waals surface area contributed by atoms with Crippen molar-refractivity contribution >= 4 is 32.3 Å². The van der Waals surface area contributed by atoms with Crippen molar-refractivity contribution < 1.29 is 8.42 Å². The van der Waals surface area contributed by atoms with Crippen molar-refractivity contribution in [2.75, 3.05) is 50.4 Å². The van der Waals surface area contributed by atoms with Gasteiger partial charge in [0.15, 0.2) is 5.96 Å². The molecule has 0 aromatic carbocycles. The Morgan fingerprint density at radius 2 is 2.07 bits per heavy atom. The molecule has 1 aromatic heterocycles. The van der Waals surface area contributed by atoms with Crippen LogP contribution in [0.15, 0.2) is 22.5 Å². The van der Waals surface area contributed by atoms with Crippen molar-refractivity contribution in [2.24, 2.45) is 10.9 Å². The van der Waals surface area contributed by atoms with Crippen LogP contribution in [0, 0.1) is 5.92 Å². The molecular weight excluding hydrogens is 382 g/mol. The molecule has 152 valence electrons. The van der Waals surface area contributed by atoms with Gasteiger partial charge in [-0.15, -0.1) is 11.3 Å². The minimum absolute atomic E-state index is 0.302. The molecule has 2 aliphatic rings. The zero-order valence-electron chi connectivity index (χ0n) is 16.2. The maximum absolute atomic E-state index is 11.7. The van der Waals surface area contributed by atoms with E-state index in [-0.39, 0.29) is 0 Å². The Kier molecular flexibility index (Phi) is 6.99. The zero-order valence-corrected chi connectivity index (χ0v) is 17.9. The number of thiophene rings is 1. The van der Waals surface area contributed by atoms with Crippen LogP contribution >= 0.6 is 11.3 Å². The van der Waals surface area contributed by atoms with Crippen LogP contribution in [0.2, 0.25) is 0 Å². The van der Waals surface area contributed by atoms with Gasteiger partial charge >= 0.3 is 0 Å². The summed E-state index contributed by atoms with van der Waals surface area (Å²) in [6, 6.07) is 4.72. The summed E-state index contributed by atoms with van der Waals surface area (Å²) in [5, 5.41) is 10.4. The minimum atomic E-state index is -3.08. The van der Waals surface area contributed by atoms with E-state index in [1.807, 2.05) is 0 Å². The fourth-order valence-electron chi connectivity index (χ4n) is 3.68.